The normalized spacial score (nSPS) is 24.6. The van der Waals surface area contributed by atoms with E-state index in [9.17, 15) is 23.2 Å². The third-order valence-corrected chi connectivity index (χ3v) is 5.84. The number of hydrogen-bond acceptors (Lipinski definition) is 5. The Morgan fingerprint density at radius 2 is 2.13 bits per heavy atom. The molecule has 2 N–H and O–H groups in total. The molecule has 1 aromatic carbocycles. The summed E-state index contributed by atoms with van der Waals surface area (Å²) in [6.07, 6.45) is -1.39. The first-order chi connectivity index (χ1) is 14.4. The first-order valence-electron chi connectivity index (χ1n) is 10.00. The molecule has 0 bridgehead atoms. The zero-order valence-corrected chi connectivity index (χ0v) is 16.2. The Kier molecular flexibility index (Phi) is 5.52. The number of pyridine rings is 1. The molecule has 2 aromatic rings. The summed E-state index contributed by atoms with van der Waals surface area (Å²) in [5, 5.41) is 15.9. The summed E-state index contributed by atoms with van der Waals surface area (Å²) < 4.78 is 41.0. The Balaban J connectivity index is 1.64. The molecule has 30 heavy (non-hydrogen) atoms. The van der Waals surface area contributed by atoms with E-state index in [0.29, 0.717) is 28.6 Å². The second kappa shape index (κ2) is 8.11. The van der Waals surface area contributed by atoms with E-state index >= 15 is 0 Å². The van der Waals surface area contributed by atoms with Crippen molar-refractivity contribution < 1.29 is 18.0 Å². The lowest BCUT2D eigenvalue weighted by Crippen LogP contribution is -2.56. The van der Waals surface area contributed by atoms with E-state index < -0.39 is 18.1 Å². The molecule has 0 saturated carbocycles. The van der Waals surface area contributed by atoms with E-state index in [1.807, 2.05) is 0 Å². The zero-order valence-electron chi connectivity index (χ0n) is 16.2. The summed E-state index contributed by atoms with van der Waals surface area (Å²) in [6, 6.07) is 7.81. The van der Waals surface area contributed by atoms with E-state index in [-0.39, 0.29) is 31.5 Å². The molecular formula is C21H22F3N5O. The van der Waals surface area contributed by atoms with E-state index in [0.717, 1.165) is 13.0 Å². The number of nitriles is 1. The summed E-state index contributed by atoms with van der Waals surface area (Å²) in [5.41, 5.74) is 1.42. The molecule has 3 atom stereocenters. The molecule has 9 heteroatoms. The van der Waals surface area contributed by atoms with Crippen LogP contribution in [0.1, 0.15) is 24.8 Å². The van der Waals surface area contributed by atoms with Crippen molar-refractivity contribution in [2.75, 3.05) is 24.5 Å². The lowest BCUT2D eigenvalue weighted by molar-refractivity contribution is -0.178. The van der Waals surface area contributed by atoms with Crippen LogP contribution in [-0.2, 0) is 4.79 Å². The predicted octanol–water partition coefficient (Wildman–Crippen LogP) is 2.73. The fraction of sp³-hybridized carbons (Fsp3) is 0.476. The van der Waals surface area contributed by atoms with Crippen molar-refractivity contribution >= 4 is 22.5 Å². The van der Waals surface area contributed by atoms with Crippen molar-refractivity contribution in [1.82, 2.24) is 15.6 Å². The van der Waals surface area contributed by atoms with Gasteiger partial charge in [-0.15, -0.1) is 0 Å². The number of piperidine rings is 1. The number of anilines is 1. The number of benzene rings is 1. The van der Waals surface area contributed by atoms with Gasteiger partial charge in [0.2, 0.25) is 5.91 Å². The summed E-state index contributed by atoms with van der Waals surface area (Å²) >= 11 is 0. The molecule has 1 amide bonds. The van der Waals surface area contributed by atoms with E-state index in [1.165, 1.54) is 0 Å². The number of fused-ring (bicyclic) bond motifs is 1. The van der Waals surface area contributed by atoms with Crippen LogP contribution in [0, 0.1) is 17.2 Å². The van der Waals surface area contributed by atoms with Crippen molar-refractivity contribution in [2.45, 2.75) is 37.5 Å². The van der Waals surface area contributed by atoms with E-state index in [2.05, 4.69) is 21.7 Å². The maximum atomic E-state index is 13.7. The minimum absolute atomic E-state index is 0.148. The van der Waals surface area contributed by atoms with Crippen LogP contribution in [0.15, 0.2) is 30.5 Å². The summed E-state index contributed by atoms with van der Waals surface area (Å²) in [6.45, 7) is 0.804. The van der Waals surface area contributed by atoms with Gasteiger partial charge < -0.3 is 15.5 Å². The highest BCUT2D eigenvalue weighted by molar-refractivity contribution is 5.95. The Morgan fingerprint density at radius 3 is 2.83 bits per heavy atom. The fourth-order valence-corrected chi connectivity index (χ4v) is 4.37. The second-order valence-corrected chi connectivity index (χ2v) is 7.88. The number of amides is 1. The topological polar surface area (TPSA) is 81.0 Å². The number of alkyl halides is 3. The lowest BCUT2D eigenvalue weighted by Gasteiger charge is -2.40. The number of carbonyl (C=O) groups is 1. The SMILES string of the molecule is N#Cc1ccc(N2C[C@H](NC(=O)[C@@H]3CCCN3)C[C@H](C(F)(F)F)C2)c2cccnc12. The number of nitrogens with one attached hydrogen (secondary N) is 2. The largest absolute Gasteiger partial charge is 0.393 e. The molecule has 2 fully saturated rings. The van der Waals surface area contributed by atoms with Crippen LogP contribution in [0.5, 0.6) is 0 Å². The summed E-state index contributed by atoms with van der Waals surface area (Å²) in [4.78, 5) is 18.4. The molecule has 0 unspecified atom stereocenters. The first kappa shape index (κ1) is 20.4. The zero-order chi connectivity index (χ0) is 21.3. The Labute approximate surface area is 172 Å². The molecular weight excluding hydrogens is 395 g/mol. The van der Waals surface area contributed by atoms with Crippen LogP contribution in [0.3, 0.4) is 0 Å². The molecule has 158 valence electrons. The van der Waals surface area contributed by atoms with Crippen molar-refractivity contribution in [2.24, 2.45) is 5.92 Å². The summed E-state index contributed by atoms with van der Waals surface area (Å²) in [7, 11) is 0. The molecule has 1 aromatic heterocycles. The predicted molar refractivity (Wildman–Crippen MR) is 106 cm³/mol. The van der Waals surface area contributed by atoms with E-state index in [4.69, 9.17) is 0 Å². The molecule has 3 heterocycles. The molecule has 2 saturated heterocycles. The minimum atomic E-state index is -4.37. The van der Waals surface area contributed by atoms with Crippen LogP contribution in [0.2, 0.25) is 0 Å². The standard InChI is InChI=1S/C21H22F3N5O/c22-21(23,24)14-9-15(28-20(30)17-4-2-7-26-17)12-29(11-14)18-6-5-13(10-25)19-16(18)3-1-8-27-19/h1,3,5-6,8,14-15,17,26H,2,4,7,9,11-12H2,(H,28,30)/t14-,15+,17-/m0/s1. The monoisotopic (exact) mass is 417 g/mol. The van der Waals surface area contributed by atoms with Gasteiger partial charge in [0.25, 0.3) is 0 Å². The third-order valence-electron chi connectivity index (χ3n) is 5.84. The maximum Gasteiger partial charge on any atom is 0.393 e. The highest BCUT2D eigenvalue weighted by Gasteiger charge is 2.45. The summed E-state index contributed by atoms with van der Waals surface area (Å²) in [5.74, 6) is -1.80. The van der Waals surface area contributed by atoms with Gasteiger partial charge in [0.1, 0.15) is 6.07 Å². The molecule has 2 aliphatic rings. The van der Waals surface area contributed by atoms with Gasteiger partial charge in [-0.1, -0.05) is 0 Å². The lowest BCUT2D eigenvalue weighted by atomic mass is 9.92. The van der Waals surface area contributed by atoms with Gasteiger partial charge in [0.15, 0.2) is 0 Å². The van der Waals surface area contributed by atoms with Crippen molar-refractivity contribution in [3.63, 3.8) is 0 Å². The second-order valence-electron chi connectivity index (χ2n) is 7.88. The van der Waals surface area contributed by atoms with Crippen LogP contribution in [-0.4, -0.2) is 48.8 Å². The quantitative estimate of drug-likeness (QED) is 0.803. The average molecular weight is 417 g/mol. The molecule has 2 aliphatic heterocycles. The van der Waals surface area contributed by atoms with Gasteiger partial charge in [-0.3, -0.25) is 9.78 Å². The number of aromatic nitrogens is 1. The number of rotatable bonds is 3. The Bertz CT molecular complexity index is 981. The Morgan fingerprint density at radius 1 is 1.30 bits per heavy atom. The number of nitrogens with zero attached hydrogens (tertiary/aromatic N) is 3. The van der Waals surface area contributed by atoms with Crippen LogP contribution < -0.4 is 15.5 Å². The van der Waals surface area contributed by atoms with Gasteiger partial charge in [-0.05, 0) is 50.1 Å². The van der Waals surface area contributed by atoms with Crippen molar-refractivity contribution in [3.8, 4) is 6.07 Å². The van der Waals surface area contributed by atoms with Crippen LogP contribution >= 0.6 is 0 Å². The van der Waals surface area contributed by atoms with E-state index in [1.54, 1.807) is 35.4 Å². The first-order valence-corrected chi connectivity index (χ1v) is 10.00. The minimum Gasteiger partial charge on any atom is -0.368 e. The highest BCUT2D eigenvalue weighted by Crippen LogP contribution is 2.37. The van der Waals surface area contributed by atoms with Gasteiger partial charge in [-0.2, -0.15) is 18.4 Å². The van der Waals surface area contributed by atoms with Crippen molar-refractivity contribution in [3.05, 3.63) is 36.0 Å². The van der Waals surface area contributed by atoms with Crippen molar-refractivity contribution in [1.29, 1.82) is 5.26 Å². The molecule has 0 radical (unpaired) electrons. The third kappa shape index (κ3) is 4.05. The maximum absolute atomic E-state index is 13.7. The molecule has 6 nitrogen and oxygen atoms in total. The van der Waals surface area contributed by atoms with Crippen LogP contribution in [0.25, 0.3) is 10.9 Å². The molecule has 0 spiro atoms. The fourth-order valence-electron chi connectivity index (χ4n) is 4.37. The highest BCUT2D eigenvalue weighted by atomic mass is 19.4. The van der Waals surface area contributed by atoms with Gasteiger partial charge in [0.05, 0.1) is 23.0 Å². The average Bonchev–Trinajstić information content (AvgIpc) is 3.27. The number of carbonyl (C=O) groups excluding carboxylic acids is 1. The van der Waals surface area contributed by atoms with Gasteiger partial charge >= 0.3 is 6.18 Å². The Hall–Kier alpha value is -2.86. The number of halogens is 3. The molecule has 4 rings (SSSR count). The smallest absolute Gasteiger partial charge is 0.368 e. The number of hydrogen-bond donors (Lipinski definition) is 2. The van der Waals surface area contributed by atoms with Gasteiger partial charge in [-0.25, -0.2) is 0 Å². The van der Waals surface area contributed by atoms with Crippen LogP contribution in [0.4, 0.5) is 18.9 Å². The molecule has 0 aliphatic carbocycles. The van der Waals surface area contributed by atoms with Gasteiger partial charge in [0, 0.05) is 36.4 Å².